The molecule has 2 atom stereocenters. The van der Waals surface area contributed by atoms with Gasteiger partial charge in [0.1, 0.15) is 5.78 Å². The summed E-state index contributed by atoms with van der Waals surface area (Å²) >= 11 is 0. The minimum atomic E-state index is 0.0438. The van der Waals surface area contributed by atoms with Crippen molar-refractivity contribution in [1.29, 1.82) is 0 Å². The van der Waals surface area contributed by atoms with Crippen LogP contribution in [0.3, 0.4) is 0 Å². The molecule has 0 aromatic carbocycles. The molecule has 0 heterocycles. The maximum Gasteiger partial charge on any atom is 0.133 e. The first kappa shape index (κ1) is 30.4. The fourth-order valence-electron chi connectivity index (χ4n) is 2.69. The van der Waals surface area contributed by atoms with Gasteiger partial charge in [-0.25, -0.2) is 0 Å². The van der Waals surface area contributed by atoms with E-state index in [-0.39, 0.29) is 6.04 Å². The van der Waals surface area contributed by atoms with Crippen LogP contribution in [0.4, 0.5) is 0 Å². The number of aliphatic hydroxyl groups excluding tert-OH is 1. The van der Waals surface area contributed by atoms with E-state index in [0.717, 1.165) is 26.4 Å². The molecule has 1 aliphatic rings. The minimum absolute atomic E-state index is 0.0438. The predicted molar refractivity (Wildman–Crippen MR) is 121 cm³/mol. The topological polar surface area (TPSA) is 63.3 Å². The number of terminal acetylenes is 1. The molecule has 1 fully saturated rings. The van der Waals surface area contributed by atoms with E-state index in [0.29, 0.717) is 18.1 Å². The number of hydrogen-bond donors (Lipinski definition) is 2. The summed E-state index contributed by atoms with van der Waals surface area (Å²) in [6.45, 7) is 6.68. The van der Waals surface area contributed by atoms with Gasteiger partial charge in [-0.1, -0.05) is 90.0 Å². The van der Waals surface area contributed by atoms with Crippen LogP contribution in [0.1, 0.15) is 91.4 Å². The molecular formula is C24H45NO2. The molecule has 0 aromatic rings. The highest BCUT2D eigenvalue weighted by Crippen LogP contribution is 2.24. The number of hydrogen-bond acceptors (Lipinski definition) is 3. The van der Waals surface area contributed by atoms with Crippen LogP contribution in [0.25, 0.3) is 0 Å². The van der Waals surface area contributed by atoms with Crippen LogP contribution in [-0.4, -0.2) is 24.0 Å². The predicted octanol–water partition coefficient (Wildman–Crippen LogP) is 5.82. The lowest BCUT2D eigenvalue weighted by molar-refractivity contribution is -0.117. The van der Waals surface area contributed by atoms with E-state index < -0.39 is 0 Å². The molecule has 1 rings (SSSR count). The number of allylic oxidation sites excluding steroid dienone is 3. The molecule has 0 saturated heterocycles. The summed E-state index contributed by atoms with van der Waals surface area (Å²) in [6, 6.07) is 0.0438. The molecule has 1 unspecified atom stereocenters. The highest BCUT2D eigenvalue weighted by Gasteiger charge is 2.25. The molecular weight excluding hydrogens is 334 g/mol. The lowest BCUT2D eigenvalue weighted by Crippen LogP contribution is -2.26. The molecule has 0 aromatic heterocycles. The third-order valence-corrected chi connectivity index (χ3v) is 4.34. The van der Waals surface area contributed by atoms with Crippen LogP contribution in [-0.2, 0) is 4.79 Å². The van der Waals surface area contributed by atoms with Crippen molar-refractivity contribution in [3.05, 3.63) is 24.3 Å². The Balaban J connectivity index is -0.000000440. The first-order valence-electron chi connectivity index (χ1n) is 10.5. The zero-order valence-corrected chi connectivity index (χ0v) is 18.3. The van der Waals surface area contributed by atoms with Crippen LogP contribution in [0, 0.1) is 18.8 Å². The first-order chi connectivity index (χ1) is 13.2. The third kappa shape index (κ3) is 22.6. The molecule has 3 heteroatoms. The van der Waals surface area contributed by atoms with Gasteiger partial charge in [-0.2, -0.15) is 0 Å². The Morgan fingerprint density at radius 3 is 2.04 bits per heavy atom. The molecule has 3 nitrogen and oxygen atoms in total. The van der Waals surface area contributed by atoms with Gasteiger partial charge in [-0.05, 0) is 18.8 Å². The van der Waals surface area contributed by atoms with Gasteiger partial charge >= 0.3 is 0 Å². The average Bonchev–Trinajstić information content (AvgIpc) is 3.15. The van der Waals surface area contributed by atoms with Gasteiger partial charge in [0, 0.05) is 26.0 Å². The largest absolute Gasteiger partial charge is 0.400 e. The molecule has 3 N–H and O–H groups in total. The molecule has 27 heavy (non-hydrogen) atoms. The van der Waals surface area contributed by atoms with Crippen molar-refractivity contribution in [3.63, 3.8) is 0 Å². The summed E-state index contributed by atoms with van der Waals surface area (Å²) in [6.07, 6.45) is 29.2. The lowest BCUT2D eigenvalue weighted by Gasteiger charge is -2.12. The fourth-order valence-corrected chi connectivity index (χ4v) is 2.69. The van der Waals surface area contributed by atoms with Crippen molar-refractivity contribution >= 4 is 5.78 Å². The number of aliphatic hydroxyl groups is 1. The van der Waals surface area contributed by atoms with E-state index in [1.807, 2.05) is 12.2 Å². The Morgan fingerprint density at radius 1 is 1.04 bits per heavy atom. The normalized spacial score (nSPS) is 16.7. The van der Waals surface area contributed by atoms with Crippen LogP contribution in [0.15, 0.2) is 24.3 Å². The Hall–Kier alpha value is -1.37. The van der Waals surface area contributed by atoms with Crippen molar-refractivity contribution in [2.45, 2.75) is 97.4 Å². The number of unbranched alkanes of at least 4 members (excludes halogenated alkanes) is 6. The zero-order chi connectivity index (χ0) is 21.3. The van der Waals surface area contributed by atoms with Crippen molar-refractivity contribution in [2.75, 3.05) is 7.11 Å². The second-order valence-corrected chi connectivity index (χ2v) is 6.63. The SMILES string of the molecule is C#C.CCCC/C=C\C=C\[C@H](N)C1CCC(=O)C1.CCCCCCC.CO. The number of ketones is 1. The van der Waals surface area contributed by atoms with E-state index in [9.17, 15) is 4.79 Å². The monoisotopic (exact) mass is 379 g/mol. The number of carbonyl (C=O) groups is 1. The second kappa shape index (κ2) is 26.9. The molecule has 0 spiro atoms. The van der Waals surface area contributed by atoms with Gasteiger partial charge in [0.2, 0.25) is 0 Å². The summed E-state index contributed by atoms with van der Waals surface area (Å²) in [5, 5.41) is 7.00. The number of carbonyl (C=O) groups excluding carboxylic acids is 1. The fraction of sp³-hybridized carbons (Fsp3) is 0.708. The summed E-state index contributed by atoms with van der Waals surface area (Å²) in [4.78, 5) is 11.1. The highest BCUT2D eigenvalue weighted by atomic mass is 16.2. The second-order valence-electron chi connectivity index (χ2n) is 6.63. The maximum atomic E-state index is 11.1. The van der Waals surface area contributed by atoms with Crippen LogP contribution >= 0.6 is 0 Å². The van der Waals surface area contributed by atoms with Crippen LogP contribution < -0.4 is 5.73 Å². The molecule has 158 valence electrons. The van der Waals surface area contributed by atoms with E-state index in [4.69, 9.17) is 10.8 Å². The minimum Gasteiger partial charge on any atom is -0.400 e. The van der Waals surface area contributed by atoms with Crippen molar-refractivity contribution < 1.29 is 9.90 Å². The molecule has 0 bridgehead atoms. The van der Waals surface area contributed by atoms with Gasteiger partial charge in [0.25, 0.3) is 0 Å². The van der Waals surface area contributed by atoms with E-state index in [2.05, 4.69) is 45.8 Å². The Kier molecular flexibility index (Phi) is 30.2. The first-order valence-corrected chi connectivity index (χ1v) is 10.5. The lowest BCUT2D eigenvalue weighted by atomic mass is 9.98. The Bertz CT molecular complexity index is 368. The van der Waals surface area contributed by atoms with Gasteiger partial charge < -0.3 is 10.8 Å². The van der Waals surface area contributed by atoms with E-state index >= 15 is 0 Å². The zero-order valence-electron chi connectivity index (χ0n) is 18.3. The number of nitrogens with two attached hydrogens (primary N) is 1. The Morgan fingerprint density at radius 2 is 1.59 bits per heavy atom. The molecule has 1 aliphatic carbocycles. The Labute approximate surface area is 169 Å². The number of Topliss-reactive ketones (excluding diaryl/α,β-unsaturated/α-hetero) is 1. The third-order valence-electron chi connectivity index (χ3n) is 4.34. The van der Waals surface area contributed by atoms with Crippen LogP contribution in [0.5, 0.6) is 0 Å². The average molecular weight is 380 g/mol. The van der Waals surface area contributed by atoms with Gasteiger partial charge in [-0.15, -0.1) is 12.8 Å². The van der Waals surface area contributed by atoms with Crippen molar-refractivity contribution in [3.8, 4) is 12.8 Å². The summed E-state index contributed by atoms with van der Waals surface area (Å²) < 4.78 is 0. The van der Waals surface area contributed by atoms with Gasteiger partial charge in [-0.3, -0.25) is 4.79 Å². The van der Waals surface area contributed by atoms with Crippen molar-refractivity contribution in [1.82, 2.24) is 0 Å². The summed E-state index contributed by atoms with van der Waals surface area (Å²) in [7, 11) is 1.00. The molecule has 0 radical (unpaired) electrons. The molecule has 0 amide bonds. The highest BCUT2D eigenvalue weighted by molar-refractivity contribution is 5.80. The quantitative estimate of drug-likeness (QED) is 0.285. The van der Waals surface area contributed by atoms with Crippen LogP contribution in [0.2, 0.25) is 0 Å². The van der Waals surface area contributed by atoms with Crippen molar-refractivity contribution in [2.24, 2.45) is 11.7 Å². The molecule has 0 aliphatic heterocycles. The summed E-state index contributed by atoms with van der Waals surface area (Å²) in [5.74, 6) is 0.736. The van der Waals surface area contributed by atoms with E-state index in [1.165, 1.54) is 44.9 Å². The molecule has 1 saturated carbocycles. The smallest absolute Gasteiger partial charge is 0.133 e. The number of rotatable bonds is 10. The van der Waals surface area contributed by atoms with E-state index in [1.54, 1.807) is 0 Å². The van der Waals surface area contributed by atoms with Gasteiger partial charge in [0.05, 0.1) is 0 Å². The standard InChI is InChI=1S/C14H23NO.C7H16.C2H2.CH4O/c1-2-3-4-5-6-7-8-14(15)12-9-10-13(16)11-12;1-3-5-7-6-4-2;2*1-2/h5-8,12,14H,2-4,9-11,15H2,1H3;3-7H2,1-2H3;1-2H;2H,1H3/b6-5-,8-7+;;;/t12?,14-;;;/m0.../s1. The summed E-state index contributed by atoms with van der Waals surface area (Å²) in [5.41, 5.74) is 6.01. The maximum absolute atomic E-state index is 11.1. The van der Waals surface area contributed by atoms with Gasteiger partial charge in [0.15, 0.2) is 0 Å².